The SMILES string of the molecule is NC/C=C/C(=O)Nc1ccc(F)cn1. The van der Waals surface area contributed by atoms with Gasteiger partial charge in [-0.1, -0.05) is 6.08 Å². The van der Waals surface area contributed by atoms with Gasteiger partial charge >= 0.3 is 0 Å². The van der Waals surface area contributed by atoms with E-state index in [1.54, 1.807) is 0 Å². The number of pyridine rings is 1. The molecule has 3 N–H and O–H groups in total. The van der Waals surface area contributed by atoms with Gasteiger partial charge in [-0.2, -0.15) is 0 Å². The molecular weight excluding hydrogens is 185 g/mol. The van der Waals surface area contributed by atoms with Gasteiger partial charge in [0, 0.05) is 12.6 Å². The molecule has 0 bridgehead atoms. The fourth-order valence-corrected chi connectivity index (χ4v) is 0.793. The maximum absolute atomic E-state index is 12.4. The van der Waals surface area contributed by atoms with Crippen LogP contribution in [0.3, 0.4) is 0 Å². The van der Waals surface area contributed by atoms with Gasteiger partial charge in [0.2, 0.25) is 5.91 Å². The quantitative estimate of drug-likeness (QED) is 0.696. The summed E-state index contributed by atoms with van der Waals surface area (Å²) in [5, 5.41) is 2.44. The fourth-order valence-electron chi connectivity index (χ4n) is 0.793. The van der Waals surface area contributed by atoms with Crippen LogP contribution in [0.25, 0.3) is 0 Å². The Morgan fingerprint density at radius 2 is 2.43 bits per heavy atom. The van der Waals surface area contributed by atoms with Gasteiger partial charge in [0.1, 0.15) is 11.6 Å². The highest BCUT2D eigenvalue weighted by Crippen LogP contribution is 2.02. The molecule has 1 heterocycles. The lowest BCUT2D eigenvalue weighted by Crippen LogP contribution is -2.09. The number of carbonyl (C=O) groups is 1. The second-order valence-electron chi connectivity index (χ2n) is 2.49. The minimum absolute atomic E-state index is 0.296. The van der Waals surface area contributed by atoms with E-state index < -0.39 is 5.82 Å². The second-order valence-corrected chi connectivity index (χ2v) is 2.49. The van der Waals surface area contributed by atoms with E-state index in [0.717, 1.165) is 6.20 Å². The van der Waals surface area contributed by atoms with Crippen LogP contribution < -0.4 is 11.1 Å². The van der Waals surface area contributed by atoms with Crippen molar-refractivity contribution in [3.05, 3.63) is 36.3 Å². The molecule has 1 rings (SSSR count). The van der Waals surface area contributed by atoms with Gasteiger partial charge in [-0.15, -0.1) is 0 Å². The molecule has 0 radical (unpaired) electrons. The van der Waals surface area contributed by atoms with E-state index in [9.17, 15) is 9.18 Å². The first kappa shape index (κ1) is 10.3. The summed E-state index contributed by atoms with van der Waals surface area (Å²) in [6, 6.07) is 2.60. The van der Waals surface area contributed by atoms with Crippen molar-refractivity contribution < 1.29 is 9.18 Å². The third-order valence-corrected chi connectivity index (χ3v) is 1.38. The van der Waals surface area contributed by atoms with Gasteiger partial charge in [-0.25, -0.2) is 9.37 Å². The van der Waals surface area contributed by atoms with Crippen molar-refractivity contribution in [3.63, 3.8) is 0 Å². The first-order valence-corrected chi connectivity index (χ1v) is 4.01. The number of rotatable bonds is 3. The summed E-state index contributed by atoms with van der Waals surface area (Å²) in [5.74, 6) is -0.479. The Kier molecular flexibility index (Phi) is 3.75. The number of hydrogen-bond donors (Lipinski definition) is 2. The molecule has 0 aromatic carbocycles. The van der Waals surface area contributed by atoms with Gasteiger partial charge in [0.25, 0.3) is 0 Å². The fraction of sp³-hybridized carbons (Fsp3) is 0.111. The molecule has 0 unspecified atom stereocenters. The zero-order chi connectivity index (χ0) is 10.4. The maximum atomic E-state index is 12.4. The number of anilines is 1. The molecule has 4 nitrogen and oxygen atoms in total. The summed E-state index contributed by atoms with van der Waals surface area (Å²) >= 11 is 0. The third kappa shape index (κ3) is 3.32. The van der Waals surface area contributed by atoms with Gasteiger partial charge in [-0.3, -0.25) is 4.79 Å². The average molecular weight is 195 g/mol. The van der Waals surface area contributed by atoms with Crippen molar-refractivity contribution in [3.8, 4) is 0 Å². The Hall–Kier alpha value is -1.75. The van der Waals surface area contributed by atoms with Crippen LogP contribution in [0.4, 0.5) is 10.2 Å². The molecule has 5 heteroatoms. The standard InChI is InChI=1S/C9H10FN3O/c10-7-3-4-8(12-6-7)13-9(14)2-1-5-11/h1-4,6H,5,11H2,(H,12,13,14)/b2-1+. The van der Waals surface area contributed by atoms with Crippen molar-refractivity contribution in [2.45, 2.75) is 0 Å². The monoisotopic (exact) mass is 195 g/mol. The zero-order valence-electron chi connectivity index (χ0n) is 7.40. The van der Waals surface area contributed by atoms with Crippen LogP contribution in [0, 0.1) is 5.82 Å². The highest BCUT2D eigenvalue weighted by atomic mass is 19.1. The number of carbonyl (C=O) groups excluding carboxylic acids is 1. The summed E-state index contributed by atoms with van der Waals surface area (Å²) in [4.78, 5) is 14.7. The molecule has 0 aliphatic carbocycles. The highest BCUT2D eigenvalue weighted by molar-refractivity contribution is 5.98. The average Bonchev–Trinajstić information content (AvgIpc) is 2.18. The Bertz CT molecular complexity index is 334. The molecule has 0 aliphatic heterocycles. The number of aromatic nitrogens is 1. The Labute approximate surface area is 80.6 Å². The summed E-state index contributed by atoms with van der Waals surface area (Å²) in [6.45, 7) is 0.296. The number of nitrogens with two attached hydrogens (primary N) is 1. The van der Waals surface area contributed by atoms with Crippen molar-refractivity contribution in [1.29, 1.82) is 0 Å². The van der Waals surface area contributed by atoms with Crippen molar-refractivity contribution in [2.24, 2.45) is 5.73 Å². The predicted molar refractivity (Wildman–Crippen MR) is 51.0 cm³/mol. The van der Waals surface area contributed by atoms with Gasteiger partial charge in [0.05, 0.1) is 6.20 Å². The van der Waals surface area contributed by atoms with Crippen molar-refractivity contribution in [1.82, 2.24) is 4.98 Å². The third-order valence-electron chi connectivity index (χ3n) is 1.38. The van der Waals surface area contributed by atoms with E-state index in [4.69, 9.17) is 5.73 Å². The zero-order valence-corrected chi connectivity index (χ0v) is 7.40. The van der Waals surface area contributed by atoms with Crippen LogP contribution in [-0.2, 0) is 4.79 Å². The van der Waals surface area contributed by atoms with E-state index in [1.165, 1.54) is 24.3 Å². The Balaban J connectivity index is 2.56. The smallest absolute Gasteiger partial charge is 0.249 e. The lowest BCUT2D eigenvalue weighted by molar-refractivity contribution is -0.111. The van der Waals surface area contributed by atoms with E-state index in [2.05, 4.69) is 10.3 Å². The van der Waals surface area contributed by atoms with Crippen molar-refractivity contribution in [2.75, 3.05) is 11.9 Å². The van der Waals surface area contributed by atoms with Crippen LogP contribution in [-0.4, -0.2) is 17.4 Å². The van der Waals surface area contributed by atoms with Gasteiger partial charge in [-0.05, 0) is 12.1 Å². The molecule has 0 saturated carbocycles. The van der Waals surface area contributed by atoms with Crippen LogP contribution in [0.15, 0.2) is 30.5 Å². The number of halogens is 1. The second kappa shape index (κ2) is 5.08. The summed E-state index contributed by atoms with van der Waals surface area (Å²) in [6.07, 6.45) is 3.84. The van der Waals surface area contributed by atoms with Crippen LogP contribution in [0.5, 0.6) is 0 Å². The van der Waals surface area contributed by atoms with E-state index in [-0.39, 0.29) is 5.91 Å². The largest absolute Gasteiger partial charge is 0.327 e. The molecular formula is C9H10FN3O. The first-order valence-electron chi connectivity index (χ1n) is 4.01. The molecule has 74 valence electrons. The van der Waals surface area contributed by atoms with Crippen molar-refractivity contribution >= 4 is 11.7 Å². The summed E-state index contributed by atoms with van der Waals surface area (Å²) in [5.41, 5.74) is 5.16. The van der Waals surface area contributed by atoms with E-state index in [1.807, 2.05) is 0 Å². The normalized spacial score (nSPS) is 10.4. The molecule has 0 fully saturated rings. The van der Waals surface area contributed by atoms with E-state index >= 15 is 0 Å². The molecule has 0 aliphatic rings. The summed E-state index contributed by atoms with van der Waals surface area (Å²) < 4.78 is 12.4. The minimum atomic E-state index is -0.444. The minimum Gasteiger partial charge on any atom is -0.327 e. The molecule has 0 atom stereocenters. The molecule has 14 heavy (non-hydrogen) atoms. The number of amides is 1. The number of nitrogens with one attached hydrogen (secondary N) is 1. The van der Waals surface area contributed by atoms with Crippen LogP contribution in [0.1, 0.15) is 0 Å². The Morgan fingerprint density at radius 3 is 3.00 bits per heavy atom. The first-order chi connectivity index (χ1) is 6.72. The Morgan fingerprint density at radius 1 is 1.64 bits per heavy atom. The molecule has 1 aromatic heterocycles. The topological polar surface area (TPSA) is 68.0 Å². The van der Waals surface area contributed by atoms with E-state index in [0.29, 0.717) is 12.4 Å². The van der Waals surface area contributed by atoms with Gasteiger partial charge < -0.3 is 11.1 Å². The summed E-state index contributed by atoms with van der Waals surface area (Å²) in [7, 11) is 0. The molecule has 1 aromatic rings. The lowest BCUT2D eigenvalue weighted by Gasteiger charge is -1.99. The number of hydrogen-bond acceptors (Lipinski definition) is 3. The molecule has 1 amide bonds. The molecule has 0 spiro atoms. The van der Waals surface area contributed by atoms with Gasteiger partial charge in [0.15, 0.2) is 0 Å². The molecule has 0 saturated heterocycles. The van der Waals surface area contributed by atoms with Crippen LogP contribution >= 0.6 is 0 Å². The lowest BCUT2D eigenvalue weighted by atomic mass is 10.4. The predicted octanol–water partition coefficient (Wildman–Crippen LogP) is 0.674. The van der Waals surface area contributed by atoms with Crippen LogP contribution in [0.2, 0.25) is 0 Å². The highest BCUT2D eigenvalue weighted by Gasteiger charge is 1.98. The number of nitrogens with zero attached hydrogens (tertiary/aromatic N) is 1. The maximum Gasteiger partial charge on any atom is 0.249 e.